The Morgan fingerprint density at radius 3 is 2.71 bits per heavy atom. The molecule has 0 unspecified atom stereocenters. The smallest absolute Gasteiger partial charge is 0.443 e. The molecule has 1 aromatic rings. The quantitative estimate of drug-likeness (QED) is 0.900. The molecule has 0 saturated carbocycles. The molecule has 0 radical (unpaired) electrons. The standard InChI is InChI=1S/C10H11F3N2O4S2/c11-10(12,13)9-14-7(5-20-9)21(18,19)15-3-1-2-6(15)4-8(16)17/h5-6H,1-4H2,(H,16,17)/t6-/m1/s1. The van der Waals surface area contributed by atoms with E-state index in [4.69, 9.17) is 5.11 Å². The summed E-state index contributed by atoms with van der Waals surface area (Å²) in [5, 5.41) is 7.66. The number of carboxylic acids is 1. The van der Waals surface area contributed by atoms with Crippen LogP contribution >= 0.6 is 11.3 Å². The maximum Gasteiger partial charge on any atom is 0.443 e. The summed E-state index contributed by atoms with van der Waals surface area (Å²) in [6.45, 7) is 0.0825. The average Bonchev–Trinajstić information content (AvgIpc) is 2.94. The number of rotatable bonds is 4. The summed E-state index contributed by atoms with van der Waals surface area (Å²) in [7, 11) is -4.20. The summed E-state index contributed by atoms with van der Waals surface area (Å²) >= 11 is 0.199. The third-order valence-corrected chi connectivity index (χ3v) is 5.90. The Bertz CT molecular complexity index is 641. The molecule has 1 saturated heterocycles. The number of hydrogen-bond donors (Lipinski definition) is 1. The second-order valence-electron chi connectivity index (χ2n) is 4.50. The highest BCUT2D eigenvalue weighted by Crippen LogP contribution is 2.34. The van der Waals surface area contributed by atoms with Crippen LogP contribution in [0.15, 0.2) is 10.4 Å². The molecule has 21 heavy (non-hydrogen) atoms. The molecule has 2 heterocycles. The fourth-order valence-corrected chi connectivity index (χ4v) is 4.79. The highest BCUT2D eigenvalue weighted by molar-refractivity contribution is 7.89. The molecule has 0 aliphatic carbocycles. The van der Waals surface area contributed by atoms with Crippen molar-refractivity contribution < 1.29 is 31.5 Å². The van der Waals surface area contributed by atoms with Crippen LogP contribution in [-0.2, 0) is 21.0 Å². The van der Waals surface area contributed by atoms with E-state index in [1.807, 2.05) is 0 Å². The van der Waals surface area contributed by atoms with Crippen molar-refractivity contribution in [3.05, 3.63) is 10.4 Å². The van der Waals surface area contributed by atoms with Crippen molar-refractivity contribution in [3.8, 4) is 0 Å². The van der Waals surface area contributed by atoms with Crippen LogP contribution in [0.3, 0.4) is 0 Å². The first-order valence-electron chi connectivity index (χ1n) is 5.88. The van der Waals surface area contributed by atoms with Gasteiger partial charge in [-0.25, -0.2) is 13.4 Å². The van der Waals surface area contributed by atoms with Gasteiger partial charge in [-0.1, -0.05) is 0 Å². The molecule has 0 aromatic carbocycles. The number of halogens is 3. The first-order chi connectivity index (χ1) is 9.62. The lowest BCUT2D eigenvalue weighted by Gasteiger charge is -2.21. The Morgan fingerprint density at radius 1 is 1.52 bits per heavy atom. The van der Waals surface area contributed by atoms with Crippen LogP contribution in [0, 0.1) is 0 Å². The van der Waals surface area contributed by atoms with Gasteiger partial charge in [0.05, 0.1) is 6.42 Å². The van der Waals surface area contributed by atoms with Gasteiger partial charge in [-0.2, -0.15) is 17.5 Å². The number of nitrogens with zero attached hydrogens (tertiary/aromatic N) is 2. The van der Waals surface area contributed by atoms with Crippen molar-refractivity contribution in [2.75, 3.05) is 6.54 Å². The summed E-state index contributed by atoms with van der Waals surface area (Å²) in [6, 6.07) is -0.747. The summed E-state index contributed by atoms with van der Waals surface area (Å²) in [4.78, 5) is 13.8. The van der Waals surface area contributed by atoms with E-state index in [0.29, 0.717) is 12.8 Å². The SMILES string of the molecule is O=C(O)C[C@H]1CCCN1S(=O)(=O)c1csc(C(F)(F)F)n1. The minimum Gasteiger partial charge on any atom is -0.481 e. The third kappa shape index (κ3) is 3.35. The van der Waals surface area contributed by atoms with Crippen molar-refractivity contribution >= 4 is 27.3 Å². The second kappa shape index (κ2) is 5.54. The van der Waals surface area contributed by atoms with E-state index in [1.54, 1.807) is 0 Å². The molecule has 1 N–H and O–H groups in total. The van der Waals surface area contributed by atoms with Crippen molar-refractivity contribution in [1.29, 1.82) is 0 Å². The summed E-state index contributed by atoms with van der Waals surface area (Å²) < 4.78 is 62.9. The zero-order valence-corrected chi connectivity index (χ0v) is 12.1. The summed E-state index contributed by atoms with van der Waals surface area (Å²) in [5.74, 6) is -1.16. The number of hydrogen-bond acceptors (Lipinski definition) is 5. The molecular formula is C10H11F3N2O4S2. The highest BCUT2D eigenvalue weighted by atomic mass is 32.2. The van der Waals surface area contributed by atoms with Crippen LogP contribution < -0.4 is 0 Å². The second-order valence-corrected chi connectivity index (χ2v) is 7.19. The van der Waals surface area contributed by atoms with E-state index < -0.39 is 38.2 Å². The predicted molar refractivity (Wildman–Crippen MR) is 66.3 cm³/mol. The molecule has 2 rings (SSSR count). The van der Waals surface area contributed by atoms with Gasteiger partial charge in [-0.15, -0.1) is 11.3 Å². The van der Waals surface area contributed by atoms with Gasteiger partial charge in [0.25, 0.3) is 10.0 Å². The lowest BCUT2D eigenvalue weighted by atomic mass is 10.2. The molecule has 1 fully saturated rings. The molecule has 0 spiro atoms. The Labute approximate surface area is 122 Å². The molecule has 1 aliphatic rings. The molecule has 0 bridgehead atoms. The first kappa shape index (κ1) is 16.2. The maximum absolute atomic E-state index is 12.5. The van der Waals surface area contributed by atoms with Gasteiger partial charge < -0.3 is 5.11 Å². The van der Waals surface area contributed by atoms with Gasteiger partial charge in [0.15, 0.2) is 10.0 Å². The number of carboxylic acid groups (broad SMARTS) is 1. The van der Waals surface area contributed by atoms with E-state index in [-0.39, 0.29) is 24.3 Å². The van der Waals surface area contributed by atoms with E-state index in [1.165, 1.54) is 0 Å². The highest BCUT2D eigenvalue weighted by Gasteiger charge is 2.40. The largest absolute Gasteiger partial charge is 0.481 e. The van der Waals surface area contributed by atoms with E-state index in [2.05, 4.69) is 4.98 Å². The zero-order chi connectivity index (χ0) is 15.8. The van der Waals surface area contributed by atoms with Gasteiger partial charge >= 0.3 is 12.1 Å². The van der Waals surface area contributed by atoms with Crippen LogP contribution in [0.4, 0.5) is 13.2 Å². The molecule has 1 atom stereocenters. The normalized spacial score (nSPS) is 20.8. The monoisotopic (exact) mass is 344 g/mol. The van der Waals surface area contributed by atoms with Crippen molar-refractivity contribution in [2.24, 2.45) is 0 Å². The van der Waals surface area contributed by atoms with E-state index in [0.717, 1.165) is 9.69 Å². The van der Waals surface area contributed by atoms with Gasteiger partial charge in [-0.05, 0) is 12.8 Å². The Balaban J connectivity index is 2.29. The van der Waals surface area contributed by atoms with Crippen LogP contribution in [0.1, 0.15) is 24.3 Å². The van der Waals surface area contributed by atoms with Crippen LogP contribution in [0.2, 0.25) is 0 Å². The summed E-state index contributed by atoms with van der Waals surface area (Å²) in [6.07, 6.45) is -4.26. The van der Waals surface area contributed by atoms with Gasteiger partial charge in [0, 0.05) is 18.0 Å². The Kier molecular flexibility index (Phi) is 4.26. The lowest BCUT2D eigenvalue weighted by Crippen LogP contribution is -2.37. The number of alkyl halides is 3. The minimum atomic E-state index is -4.70. The minimum absolute atomic E-state index is 0.0825. The zero-order valence-electron chi connectivity index (χ0n) is 10.5. The van der Waals surface area contributed by atoms with Crippen molar-refractivity contribution in [1.82, 2.24) is 9.29 Å². The fraction of sp³-hybridized carbons (Fsp3) is 0.600. The van der Waals surface area contributed by atoms with Crippen molar-refractivity contribution in [2.45, 2.75) is 36.5 Å². The number of sulfonamides is 1. The van der Waals surface area contributed by atoms with E-state index in [9.17, 15) is 26.4 Å². The lowest BCUT2D eigenvalue weighted by molar-refractivity contribution is -0.138. The molecule has 11 heteroatoms. The average molecular weight is 344 g/mol. The molecule has 6 nitrogen and oxygen atoms in total. The van der Waals surface area contributed by atoms with Gasteiger partial charge in [-0.3, -0.25) is 4.79 Å². The fourth-order valence-electron chi connectivity index (χ4n) is 2.16. The molecule has 1 aromatic heterocycles. The topological polar surface area (TPSA) is 87.6 Å². The van der Waals surface area contributed by atoms with Crippen molar-refractivity contribution in [3.63, 3.8) is 0 Å². The van der Waals surface area contributed by atoms with E-state index >= 15 is 0 Å². The van der Waals surface area contributed by atoms with Crippen LogP contribution in [-0.4, -0.2) is 41.4 Å². The first-order valence-corrected chi connectivity index (χ1v) is 8.20. The number of aliphatic carboxylic acids is 1. The van der Waals surface area contributed by atoms with Crippen LogP contribution in [0.25, 0.3) is 0 Å². The number of aromatic nitrogens is 1. The van der Waals surface area contributed by atoms with Gasteiger partial charge in [0.1, 0.15) is 0 Å². The summed E-state index contributed by atoms with van der Waals surface area (Å²) in [5.41, 5.74) is 0. The number of thiazole rings is 1. The maximum atomic E-state index is 12.5. The van der Waals surface area contributed by atoms with Crippen LogP contribution in [0.5, 0.6) is 0 Å². The molecular weight excluding hydrogens is 333 g/mol. The molecule has 118 valence electrons. The third-order valence-electron chi connectivity index (χ3n) is 3.03. The predicted octanol–water partition coefficient (Wildman–Crippen LogP) is 1.79. The Morgan fingerprint density at radius 2 is 2.19 bits per heavy atom. The molecule has 1 aliphatic heterocycles. The Hall–Kier alpha value is -1.20. The molecule has 0 amide bonds. The van der Waals surface area contributed by atoms with Gasteiger partial charge in [0.2, 0.25) is 0 Å². The number of carbonyl (C=O) groups is 1.